The highest BCUT2D eigenvalue weighted by atomic mass is 16.3. The quantitative estimate of drug-likeness (QED) is 0.766. The Morgan fingerprint density at radius 1 is 1.12 bits per heavy atom. The van der Waals surface area contributed by atoms with Gasteiger partial charge in [-0.15, -0.1) is 0 Å². The highest BCUT2D eigenvalue weighted by Gasteiger charge is 2.62. The molecule has 0 aromatic rings. The van der Waals surface area contributed by atoms with Gasteiger partial charge in [0.1, 0.15) is 5.60 Å². The number of hydrogen-bond donors (Lipinski definition) is 1. The number of rotatable bonds is 2. The Labute approximate surface area is 158 Å². The molecule has 8 atom stereocenters. The van der Waals surface area contributed by atoms with Crippen LogP contribution in [0.1, 0.15) is 85.0 Å². The SMILES string of the molecule is CC[C@H]1CC[C@H]2[C@@H]3CC[C@H]4C[C@@](O)(CC#N)C(=O)C[C@]4(C)[C@H]3CC[C@]12C. The van der Waals surface area contributed by atoms with E-state index in [1.165, 1.54) is 38.5 Å². The first-order valence-corrected chi connectivity index (χ1v) is 10.9. The summed E-state index contributed by atoms with van der Waals surface area (Å²) in [5.74, 6) is 3.44. The van der Waals surface area contributed by atoms with Gasteiger partial charge in [-0.1, -0.05) is 27.2 Å². The summed E-state index contributed by atoms with van der Waals surface area (Å²) in [6, 6.07) is 2.05. The fraction of sp³-hybridized carbons (Fsp3) is 0.913. The Hall–Kier alpha value is -0.880. The maximum Gasteiger partial charge on any atom is 0.165 e. The summed E-state index contributed by atoms with van der Waals surface area (Å²) in [6.45, 7) is 7.26. The lowest BCUT2D eigenvalue weighted by Gasteiger charge is -2.61. The molecule has 3 nitrogen and oxygen atoms in total. The van der Waals surface area contributed by atoms with Gasteiger partial charge in [-0.3, -0.25) is 4.79 Å². The molecule has 4 saturated carbocycles. The minimum absolute atomic E-state index is 0.0350. The zero-order valence-corrected chi connectivity index (χ0v) is 16.8. The summed E-state index contributed by atoms with van der Waals surface area (Å²) in [5.41, 5.74) is -0.831. The third-order valence-electron chi connectivity index (χ3n) is 9.77. The molecule has 3 heteroatoms. The molecule has 0 saturated heterocycles. The van der Waals surface area contributed by atoms with E-state index in [0.717, 1.165) is 24.2 Å². The zero-order valence-electron chi connectivity index (χ0n) is 16.8. The average molecular weight is 358 g/mol. The van der Waals surface area contributed by atoms with E-state index < -0.39 is 5.60 Å². The van der Waals surface area contributed by atoms with E-state index in [0.29, 0.717) is 30.1 Å². The Bertz CT molecular complexity index is 639. The second-order valence-electron chi connectivity index (χ2n) is 10.6. The molecule has 0 aliphatic heterocycles. The van der Waals surface area contributed by atoms with E-state index >= 15 is 0 Å². The van der Waals surface area contributed by atoms with Crippen LogP contribution in [0.15, 0.2) is 0 Å². The summed E-state index contributed by atoms with van der Waals surface area (Å²) in [4.78, 5) is 12.8. The largest absolute Gasteiger partial charge is 0.381 e. The van der Waals surface area contributed by atoms with Crippen LogP contribution in [0.5, 0.6) is 0 Å². The van der Waals surface area contributed by atoms with E-state index in [1.54, 1.807) is 0 Å². The molecule has 0 amide bonds. The van der Waals surface area contributed by atoms with E-state index in [-0.39, 0.29) is 17.6 Å². The smallest absolute Gasteiger partial charge is 0.165 e. The molecule has 4 aliphatic carbocycles. The maximum atomic E-state index is 12.8. The van der Waals surface area contributed by atoms with Crippen molar-refractivity contribution in [2.45, 2.75) is 90.6 Å². The summed E-state index contributed by atoms with van der Waals surface area (Å²) in [6.07, 6.45) is 10.00. The van der Waals surface area contributed by atoms with E-state index in [9.17, 15) is 9.90 Å². The number of aliphatic hydroxyl groups is 1. The van der Waals surface area contributed by atoms with Gasteiger partial charge in [-0.05, 0) is 85.4 Å². The van der Waals surface area contributed by atoms with Crippen molar-refractivity contribution in [3.8, 4) is 6.07 Å². The molecule has 4 fully saturated rings. The van der Waals surface area contributed by atoms with Gasteiger partial charge in [0, 0.05) is 6.42 Å². The first-order chi connectivity index (χ1) is 12.3. The normalized spacial score (nSPS) is 53.3. The number of hydrogen-bond acceptors (Lipinski definition) is 3. The molecule has 26 heavy (non-hydrogen) atoms. The van der Waals surface area contributed by atoms with Crippen molar-refractivity contribution in [2.75, 3.05) is 0 Å². The summed E-state index contributed by atoms with van der Waals surface area (Å²) < 4.78 is 0. The number of nitrogens with zero attached hydrogens (tertiary/aromatic N) is 1. The van der Waals surface area contributed by atoms with Gasteiger partial charge in [0.2, 0.25) is 0 Å². The molecular weight excluding hydrogens is 322 g/mol. The topological polar surface area (TPSA) is 61.1 Å². The van der Waals surface area contributed by atoms with Crippen molar-refractivity contribution in [1.29, 1.82) is 5.26 Å². The van der Waals surface area contributed by atoms with Crippen LogP contribution in [0.25, 0.3) is 0 Å². The van der Waals surface area contributed by atoms with Crippen LogP contribution in [-0.2, 0) is 4.79 Å². The van der Waals surface area contributed by atoms with Gasteiger partial charge in [0.05, 0.1) is 12.5 Å². The second-order valence-corrected chi connectivity index (χ2v) is 10.6. The van der Waals surface area contributed by atoms with Crippen LogP contribution in [0.4, 0.5) is 0 Å². The van der Waals surface area contributed by atoms with Gasteiger partial charge in [-0.2, -0.15) is 5.26 Å². The lowest BCUT2D eigenvalue weighted by molar-refractivity contribution is -0.170. The van der Waals surface area contributed by atoms with Gasteiger partial charge in [-0.25, -0.2) is 0 Å². The molecule has 0 aromatic heterocycles. The number of fused-ring (bicyclic) bond motifs is 5. The van der Waals surface area contributed by atoms with Crippen LogP contribution in [0.3, 0.4) is 0 Å². The number of nitriles is 1. The molecule has 0 spiro atoms. The third-order valence-corrected chi connectivity index (χ3v) is 9.77. The molecule has 4 aliphatic rings. The first-order valence-electron chi connectivity index (χ1n) is 10.9. The Morgan fingerprint density at radius 2 is 1.85 bits per heavy atom. The van der Waals surface area contributed by atoms with Gasteiger partial charge in [0.15, 0.2) is 5.78 Å². The standard InChI is InChI=1S/C23H35NO2/c1-4-15-6-8-18-17-7-5-16-13-23(26,11-12-24)20(25)14-22(16,3)19(17)9-10-21(15,18)2/h15-19,26H,4-11,13-14H2,1-3H3/t15-,16-,17-,18-,19-,21+,22-,23-/m0/s1. The van der Waals surface area contributed by atoms with Crippen LogP contribution in [-0.4, -0.2) is 16.5 Å². The molecular formula is C23H35NO2. The molecule has 0 unspecified atom stereocenters. The maximum absolute atomic E-state index is 12.8. The van der Waals surface area contributed by atoms with E-state index in [2.05, 4.69) is 20.8 Å². The summed E-state index contributed by atoms with van der Waals surface area (Å²) in [5, 5.41) is 19.8. The minimum atomic E-state index is -1.38. The fourth-order valence-electron chi connectivity index (χ4n) is 8.26. The zero-order chi connectivity index (χ0) is 18.7. The first kappa shape index (κ1) is 18.5. The Balaban J connectivity index is 1.61. The summed E-state index contributed by atoms with van der Waals surface area (Å²) in [7, 11) is 0. The lowest BCUT2D eigenvalue weighted by Crippen LogP contribution is -2.59. The Kier molecular flexibility index (Phi) is 4.31. The molecule has 0 radical (unpaired) electrons. The van der Waals surface area contributed by atoms with Crippen LogP contribution < -0.4 is 0 Å². The Morgan fingerprint density at radius 3 is 2.54 bits per heavy atom. The second kappa shape index (κ2) is 6.06. The molecule has 0 bridgehead atoms. The fourth-order valence-corrected chi connectivity index (χ4v) is 8.26. The lowest BCUT2D eigenvalue weighted by atomic mass is 9.43. The third kappa shape index (κ3) is 2.37. The minimum Gasteiger partial charge on any atom is -0.381 e. The van der Waals surface area contributed by atoms with Crippen LogP contribution in [0.2, 0.25) is 0 Å². The van der Waals surface area contributed by atoms with Crippen LogP contribution >= 0.6 is 0 Å². The number of ketones is 1. The number of Topliss-reactive ketones (excluding diaryl/α,β-unsaturated/α-hetero) is 1. The van der Waals surface area contributed by atoms with Crippen LogP contribution in [0, 0.1) is 51.8 Å². The molecule has 0 aromatic carbocycles. The predicted octanol–water partition coefficient (Wildman–Crippen LogP) is 4.88. The van der Waals surface area contributed by atoms with Crippen molar-refractivity contribution in [3.05, 3.63) is 0 Å². The summed E-state index contributed by atoms with van der Waals surface area (Å²) >= 11 is 0. The van der Waals surface area contributed by atoms with Crippen molar-refractivity contribution >= 4 is 5.78 Å². The molecule has 144 valence electrons. The van der Waals surface area contributed by atoms with Gasteiger partial charge >= 0.3 is 0 Å². The van der Waals surface area contributed by atoms with E-state index in [1.807, 2.05) is 6.07 Å². The molecule has 0 heterocycles. The van der Waals surface area contributed by atoms with Gasteiger partial charge < -0.3 is 5.11 Å². The van der Waals surface area contributed by atoms with E-state index in [4.69, 9.17) is 5.26 Å². The molecule has 1 N–H and O–H groups in total. The van der Waals surface area contributed by atoms with Crippen molar-refractivity contribution in [2.24, 2.45) is 40.4 Å². The number of carbonyl (C=O) groups excluding carboxylic acids is 1. The highest BCUT2D eigenvalue weighted by molar-refractivity contribution is 5.89. The van der Waals surface area contributed by atoms with Crippen molar-refractivity contribution in [3.63, 3.8) is 0 Å². The van der Waals surface area contributed by atoms with Crippen molar-refractivity contribution in [1.82, 2.24) is 0 Å². The average Bonchev–Trinajstić information content (AvgIpc) is 2.93. The monoisotopic (exact) mass is 357 g/mol. The molecule has 4 rings (SSSR count). The highest BCUT2D eigenvalue weighted by Crippen LogP contribution is 2.68. The predicted molar refractivity (Wildman–Crippen MR) is 101 cm³/mol. The van der Waals surface area contributed by atoms with Gasteiger partial charge in [0.25, 0.3) is 0 Å². The van der Waals surface area contributed by atoms with Crippen molar-refractivity contribution < 1.29 is 9.90 Å². The number of carbonyl (C=O) groups is 1.